The molecule has 0 aromatic heterocycles. The van der Waals surface area contributed by atoms with Crippen LogP contribution in [0.3, 0.4) is 0 Å². The third-order valence-electron chi connectivity index (χ3n) is 1.30. The predicted octanol–water partition coefficient (Wildman–Crippen LogP) is 3.39. The summed E-state index contributed by atoms with van der Waals surface area (Å²) in [4.78, 5) is 0. The standard InChI is InChI=1S/C9H18/c1-6-8(2)7-9(3,4)5/h6H,7H2,1-5H3/b8-6-. The molecule has 0 fully saturated rings. The molecule has 0 aromatic carbocycles. The van der Waals surface area contributed by atoms with Crippen LogP contribution in [0.2, 0.25) is 0 Å². The maximum atomic E-state index is 2.26. The molecule has 0 heteroatoms. The van der Waals surface area contributed by atoms with E-state index >= 15 is 0 Å². The average molecular weight is 126 g/mol. The van der Waals surface area contributed by atoms with Crippen molar-refractivity contribution in [3.05, 3.63) is 11.6 Å². The zero-order valence-electron chi connectivity index (χ0n) is 7.28. The van der Waals surface area contributed by atoms with E-state index in [2.05, 4.69) is 40.7 Å². The number of hydrogen-bond acceptors (Lipinski definition) is 0. The van der Waals surface area contributed by atoms with Gasteiger partial charge in [-0.2, -0.15) is 0 Å². The molecule has 0 aliphatic rings. The molecule has 0 bridgehead atoms. The summed E-state index contributed by atoms with van der Waals surface area (Å²) in [7, 11) is 0. The molecule has 0 nitrogen and oxygen atoms in total. The molecule has 0 aliphatic carbocycles. The topological polar surface area (TPSA) is 0 Å². The van der Waals surface area contributed by atoms with E-state index in [4.69, 9.17) is 0 Å². The van der Waals surface area contributed by atoms with Crippen molar-refractivity contribution in [2.45, 2.75) is 41.0 Å². The van der Waals surface area contributed by atoms with E-state index in [0.29, 0.717) is 5.41 Å². The highest BCUT2D eigenvalue weighted by Gasteiger charge is 2.09. The Morgan fingerprint density at radius 2 is 1.78 bits per heavy atom. The van der Waals surface area contributed by atoms with Crippen LogP contribution < -0.4 is 0 Å². The summed E-state index contributed by atoms with van der Waals surface area (Å²) in [5.74, 6) is 0. The maximum absolute atomic E-state index is 2.26. The molecule has 0 unspecified atom stereocenters. The Hall–Kier alpha value is -0.260. The van der Waals surface area contributed by atoms with Crippen molar-refractivity contribution >= 4 is 0 Å². The lowest BCUT2D eigenvalue weighted by atomic mass is 9.88. The second-order valence-corrected chi connectivity index (χ2v) is 3.87. The lowest BCUT2D eigenvalue weighted by Crippen LogP contribution is -2.04. The highest BCUT2D eigenvalue weighted by atomic mass is 14.1. The minimum atomic E-state index is 0.455. The van der Waals surface area contributed by atoms with Crippen molar-refractivity contribution in [3.63, 3.8) is 0 Å². The van der Waals surface area contributed by atoms with Gasteiger partial charge in [0, 0.05) is 0 Å². The van der Waals surface area contributed by atoms with Gasteiger partial charge in [-0.1, -0.05) is 32.4 Å². The molecule has 0 saturated heterocycles. The molecular weight excluding hydrogens is 108 g/mol. The number of allylic oxidation sites excluding steroid dienone is 2. The SMILES string of the molecule is C/C=C(/C)CC(C)(C)C. The van der Waals surface area contributed by atoms with Gasteiger partial charge in [0.2, 0.25) is 0 Å². The van der Waals surface area contributed by atoms with Crippen molar-refractivity contribution in [1.29, 1.82) is 0 Å². The van der Waals surface area contributed by atoms with Crippen molar-refractivity contribution < 1.29 is 0 Å². The van der Waals surface area contributed by atoms with Gasteiger partial charge in [-0.15, -0.1) is 0 Å². The lowest BCUT2D eigenvalue weighted by Gasteiger charge is -2.17. The van der Waals surface area contributed by atoms with E-state index in [-0.39, 0.29) is 0 Å². The van der Waals surface area contributed by atoms with Crippen LogP contribution in [0, 0.1) is 5.41 Å². The maximum Gasteiger partial charge on any atom is -0.0274 e. The van der Waals surface area contributed by atoms with E-state index in [1.807, 2.05) is 0 Å². The summed E-state index contributed by atoms with van der Waals surface area (Å²) < 4.78 is 0. The van der Waals surface area contributed by atoms with Gasteiger partial charge in [0.15, 0.2) is 0 Å². The van der Waals surface area contributed by atoms with Crippen LogP contribution in [0.1, 0.15) is 41.0 Å². The van der Waals surface area contributed by atoms with Gasteiger partial charge in [-0.25, -0.2) is 0 Å². The Labute approximate surface area is 59.0 Å². The van der Waals surface area contributed by atoms with Crippen LogP contribution in [-0.4, -0.2) is 0 Å². The monoisotopic (exact) mass is 126 g/mol. The fraction of sp³-hybridized carbons (Fsp3) is 0.778. The van der Waals surface area contributed by atoms with Gasteiger partial charge in [-0.05, 0) is 25.7 Å². The Bertz CT molecular complexity index is 102. The molecule has 0 radical (unpaired) electrons. The molecule has 54 valence electrons. The zero-order chi connectivity index (χ0) is 7.49. The van der Waals surface area contributed by atoms with E-state index in [9.17, 15) is 0 Å². The lowest BCUT2D eigenvalue weighted by molar-refractivity contribution is 0.409. The number of hydrogen-bond donors (Lipinski definition) is 0. The largest absolute Gasteiger partial charge is 0.0887 e. The van der Waals surface area contributed by atoms with Crippen molar-refractivity contribution in [3.8, 4) is 0 Å². The Morgan fingerprint density at radius 3 is 1.89 bits per heavy atom. The summed E-state index contributed by atoms with van der Waals surface area (Å²) in [5, 5.41) is 0. The first kappa shape index (κ1) is 8.74. The first-order chi connectivity index (χ1) is 3.95. The molecule has 0 heterocycles. The first-order valence-corrected chi connectivity index (χ1v) is 3.57. The highest BCUT2D eigenvalue weighted by Crippen LogP contribution is 2.22. The van der Waals surface area contributed by atoms with Crippen LogP contribution in [0.25, 0.3) is 0 Å². The minimum Gasteiger partial charge on any atom is -0.0887 e. The third-order valence-corrected chi connectivity index (χ3v) is 1.30. The molecule has 0 aliphatic heterocycles. The summed E-state index contributed by atoms with van der Waals surface area (Å²) in [6.45, 7) is 11.1. The first-order valence-electron chi connectivity index (χ1n) is 3.57. The van der Waals surface area contributed by atoms with Gasteiger partial charge < -0.3 is 0 Å². The molecule has 9 heavy (non-hydrogen) atoms. The van der Waals surface area contributed by atoms with Gasteiger partial charge in [0.25, 0.3) is 0 Å². The predicted molar refractivity (Wildman–Crippen MR) is 43.5 cm³/mol. The van der Waals surface area contributed by atoms with Gasteiger partial charge >= 0.3 is 0 Å². The van der Waals surface area contributed by atoms with Crippen LogP contribution in [-0.2, 0) is 0 Å². The van der Waals surface area contributed by atoms with E-state index in [0.717, 1.165) is 0 Å². The summed E-state index contributed by atoms with van der Waals surface area (Å²) in [6.07, 6.45) is 3.40. The second-order valence-electron chi connectivity index (χ2n) is 3.87. The minimum absolute atomic E-state index is 0.455. The van der Waals surface area contributed by atoms with Crippen LogP contribution >= 0.6 is 0 Å². The van der Waals surface area contributed by atoms with Crippen LogP contribution in [0.5, 0.6) is 0 Å². The smallest absolute Gasteiger partial charge is 0.0274 e. The second kappa shape index (κ2) is 3.05. The summed E-state index contributed by atoms with van der Waals surface area (Å²) >= 11 is 0. The molecular formula is C9H18. The fourth-order valence-electron chi connectivity index (χ4n) is 0.939. The molecule has 0 atom stereocenters. The summed E-state index contributed by atoms with van der Waals surface area (Å²) in [5.41, 5.74) is 1.94. The van der Waals surface area contributed by atoms with Crippen LogP contribution in [0.4, 0.5) is 0 Å². The Morgan fingerprint density at radius 1 is 1.33 bits per heavy atom. The zero-order valence-corrected chi connectivity index (χ0v) is 7.28. The quantitative estimate of drug-likeness (QED) is 0.472. The molecule has 0 rings (SSSR count). The number of rotatable bonds is 1. The average Bonchev–Trinajstić information content (AvgIpc) is 1.62. The van der Waals surface area contributed by atoms with Crippen molar-refractivity contribution in [2.24, 2.45) is 5.41 Å². The third kappa shape index (κ3) is 5.61. The van der Waals surface area contributed by atoms with Crippen molar-refractivity contribution in [2.75, 3.05) is 0 Å². The summed E-state index contributed by atoms with van der Waals surface area (Å²) in [6, 6.07) is 0. The van der Waals surface area contributed by atoms with Gasteiger partial charge in [0.05, 0.1) is 0 Å². The van der Waals surface area contributed by atoms with E-state index in [1.54, 1.807) is 0 Å². The van der Waals surface area contributed by atoms with Crippen molar-refractivity contribution in [1.82, 2.24) is 0 Å². The molecule has 0 N–H and O–H groups in total. The Kier molecular flexibility index (Phi) is 2.96. The molecule has 0 amide bonds. The highest BCUT2D eigenvalue weighted by molar-refractivity contribution is 4.98. The van der Waals surface area contributed by atoms with Gasteiger partial charge in [-0.3, -0.25) is 0 Å². The van der Waals surface area contributed by atoms with E-state index < -0.39 is 0 Å². The normalized spacial score (nSPS) is 14.1. The Balaban J connectivity index is 3.75. The molecule has 0 aromatic rings. The van der Waals surface area contributed by atoms with E-state index in [1.165, 1.54) is 12.0 Å². The molecule has 0 saturated carbocycles. The molecule has 0 spiro atoms. The van der Waals surface area contributed by atoms with Crippen LogP contribution in [0.15, 0.2) is 11.6 Å². The fourth-order valence-corrected chi connectivity index (χ4v) is 0.939. The van der Waals surface area contributed by atoms with Gasteiger partial charge in [0.1, 0.15) is 0 Å².